The van der Waals surface area contributed by atoms with Crippen molar-refractivity contribution >= 4 is 5.91 Å². The molecule has 0 aliphatic carbocycles. The molecule has 0 radical (unpaired) electrons. The summed E-state index contributed by atoms with van der Waals surface area (Å²) in [5, 5.41) is 2.87. The number of nitrogens with two attached hydrogens (primary N) is 1. The lowest BCUT2D eigenvalue weighted by molar-refractivity contribution is -0.123. The van der Waals surface area contributed by atoms with E-state index in [1.807, 2.05) is 6.92 Å². The van der Waals surface area contributed by atoms with Crippen LogP contribution in [0.1, 0.15) is 20.3 Å². The first kappa shape index (κ1) is 9.48. The van der Waals surface area contributed by atoms with Crippen molar-refractivity contribution in [2.45, 2.75) is 31.8 Å². The van der Waals surface area contributed by atoms with Crippen LogP contribution in [-0.2, 0) is 9.53 Å². The maximum atomic E-state index is 11.2. The smallest absolute Gasteiger partial charge is 0.237 e. The first-order valence-electron chi connectivity index (χ1n) is 4.19. The van der Waals surface area contributed by atoms with Gasteiger partial charge in [0.05, 0.1) is 18.2 Å². The molecule has 3 N–H and O–H groups in total. The van der Waals surface area contributed by atoms with Crippen LogP contribution in [0.5, 0.6) is 0 Å². The topological polar surface area (TPSA) is 64.4 Å². The molecule has 2 atom stereocenters. The lowest BCUT2D eigenvalue weighted by atomic mass is 10.0. The van der Waals surface area contributed by atoms with Crippen molar-refractivity contribution in [1.29, 1.82) is 0 Å². The van der Waals surface area contributed by atoms with E-state index in [2.05, 4.69) is 5.32 Å². The van der Waals surface area contributed by atoms with Crippen molar-refractivity contribution < 1.29 is 9.53 Å². The Morgan fingerprint density at radius 1 is 1.75 bits per heavy atom. The van der Waals surface area contributed by atoms with E-state index < -0.39 is 6.04 Å². The standard InChI is InChI=1S/C8H16N2O2/c1-6(9)7(11)10-8(2)3-4-12-5-8/h6H,3-5,9H2,1-2H3,(H,10,11)/t6-,8?/m0/s1. The predicted molar refractivity (Wildman–Crippen MR) is 45.6 cm³/mol. The van der Waals surface area contributed by atoms with Crippen LogP contribution in [0.25, 0.3) is 0 Å². The minimum atomic E-state index is -0.442. The predicted octanol–water partition coefficient (Wildman–Crippen LogP) is -0.371. The van der Waals surface area contributed by atoms with Crippen LogP contribution in [0.2, 0.25) is 0 Å². The molecule has 12 heavy (non-hydrogen) atoms. The summed E-state index contributed by atoms with van der Waals surface area (Å²) in [5.74, 6) is -0.108. The van der Waals surface area contributed by atoms with E-state index in [0.717, 1.165) is 13.0 Å². The van der Waals surface area contributed by atoms with Gasteiger partial charge in [-0.1, -0.05) is 0 Å². The highest BCUT2D eigenvalue weighted by molar-refractivity contribution is 5.81. The number of carbonyl (C=O) groups excluding carboxylic acids is 1. The van der Waals surface area contributed by atoms with Gasteiger partial charge >= 0.3 is 0 Å². The number of nitrogens with one attached hydrogen (secondary N) is 1. The number of ether oxygens (including phenoxy) is 1. The fraction of sp³-hybridized carbons (Fsp3) is 0.875. The molecule has 1 heterocycles. The largest absolute Gasteiger partial charge is 0.379 e. The van der Waals surface area contributed by atoms with Crippen molar-refractivity contribution in [2.24, 2.45) is 5.73 Å². The number of hydrogen-bond donors (Lipinski definition) is 2. The van der Waals surface area contributed by atoms with Crippen LogP contribution in [0.3, 0.4) is 0 Å². The van der Waals surface area contributed by atoms with Crippen LogP contribution < -0.4 is 11.1 Å². The molecular weight excluding hydrogens is 156 g/mol. The Balaban J connectivity index is 2.44. The number of amides is 1. The molecule has 0 bridgehead atoms. The molecule has 1 rings (SSSR count). The number of carbonyl (C=O) groups is 1. The van der Waals surface area contributed by atoms with Gasteiger partial charge in [0, 0.05) is 6.61 Å². The third-order valence-electron chi connectivity index (χ3n) is 2.06. The molecule has 1 aliphatic rings. The zero-order valence-electron chi connectivity index (χ0n) is 7.59. The van der Waals surface area contributed by atoms with E-state index in [1.165, 1.54) is 0 Å². The van der Waals surface area contributed by atoms with E-state index >= 15 is 0 Å². The highest BCUT2D eigenvalue weighted by Crippen LogP contribution is 2.17. The lowest BCUT2D eigenvalue weighted by Crippen LogP contribution is -2.51. The molecule has 0 aromatic rings. The van der Waals surface area contributed by atoms with Crippen molar-refractivity contribution in [1.82, 2.24) is 5.32 Å². The molecule has 0 spiro atoms. The van der Waals surface area contributed by atoms with Crippen molar-refractivity contribution in [3.63, 3.8) is 0 Å². The molecule has 0 saturated carbocycles. The van der Waals surface area contributed by atoms with E-state index in [9.17, 15) is 4.79 Å². The van der Waals surface area contributed by atoms with Crippen LogP contribution in [0.15, 0.2) is 0 Å². The van der Waals surface area contributed by atoms with Gasteiger partial charge in [0.25, 0.3) is 0 Å². The molecule has 70 valence electrons. The Kier molecular flexibility index (Phi) is 2.69. The summed E-state index contributed by atoms with van der Waals surface area (Å²) in [6.45, 7) is 4.95. The van der Waals surface area contributed by atoms with Gasteiger partial charge < -0.3 is 15.8 Å². The van der Waals surface area contributed by atoms with Gasteiger partial charge in [0.15, 0.2) is 0 Å². The zero-order chi connectivity index (χ0) is 9.19. The molecule has 1 fully saturated rings. The average molecular weight is 172 g/mol. The van der Waals surface area contributed by atoms with Gasteiger partial charge in [-0.15, -0.1) is 0 Å². The van der Waals surface area contributed by atoms with Gasteiger partial charge in [-0.2, -0.15) is 0 Å². The van der Waals surface area contributed by atoms with E-state index in [-0.39, 0.29) is 11.4 Å². The molecule has 0 aromatic carbocycles. The van der Waals surface area contributed by atoms with Crippen molar-refractivity contribution in [3.8, 4) is 0 Å². The quantitative estimate of drug-likeness (QED) is 0.597. The fourth-order valence-corrected chi connectivity index (χ4v) is 1.18. The molecule has 1 amide bonds. The fourth-order valence-electron chi connectivity index (χ4n) is 1.18. The van der Waals surface area contributed by atoms with Gasteiger partial charge in [0.1, 0.15) is 0 Å². The first-order valence-corrected chi connectivity index (χ1v) is 4.19. The summed E-state index contributed by atoms with van der Waals surface area (Å²) in [4.78, 5) is 11.2. The minimum Gasteiger partial charge on any atom is -0.379 e. The van der Waals surface area contributed by atoms with Crippen molar-refractivity contribution in [3.05, 3.63) is 0 Å². The minimum absolute atomic E-state index is 0.108. The normalized spacial score (nSPS) is 31.6. The second-order valence-corrected chi connectivity index (χ2v) is 3.64. The molecule has 1 aliphatic heterocycles. The summed E-state index contributed by atoms with van der Waals surface area (Å²) in [5.41, 5.74) is 5.22. The highest BCUT2D eigenvalue weighted by Gasteiger charge is 2.31. The second kappa shape index (κ2) is 3.41. The summed E-state index contributed by atoms with van der Waals surface area (Å²) in [7, 11) is 0. The number of hydrogen-bond acceptors (Lipinski definition) is 3. The van der Waals surface area contributed by atoms with Gasteiger partial charge in [0.2, 0.25) is 5.91 Å². The maximum Gasteiger partial charge on any atom is 0.237 e. The third-order valence-corrected chi connectivity index (χ3v) is 2.06. The molecule has 1 saturated heterocycles. The van der Waals surface area contributed by atoms with Crippen LogP contribution in [-0.4, -0.2) is 30.7 Å². The van der Waals surface area contributed by atoms with E-state index in [4.69, 9.17) is 10.5 Å². The summed E-state index contributed by atoms with van der Waals surface area (Å²) >= 11 is 0. The zero-order valence-corrected chi connectivity index (χ0v) is 7.59. The van der Waals surface area contributed by atoms with E-state index in [0.29, 0.717) is 6.61 Å². The van der Waals surface area contributed by atoms with Crippen LogP contribution >= 0.6 is 0 Å². The van der Waals surface area contributed by atoms with Crippen LogP contribution in [0, 0.1) is 0 Å². The summed E-state index contributed by atoms with van der Waals surface area (Å²) < 4.78 is 5.19. The van der Waals surface area contributed by atoms with E-state index in [1.54, 1.807) is 6.92 Å². The average Bonchev–Trinajstić information content (AvgIpc) is 2.35. The summed E-state index contributed by atoms with van der Waals surface area (Å²) in [6.07, 6.45) is 0.867. The van der Waals surface area contributed by atoms with Crippen LogP contribution in [0.4, 0.5) is 0 Å². The molecule has 4 nitrogen and oxygen atoms in total. The third kappa shape index (κ3) is 2.19. The first-order chi connectivity index (χ1) is 5.53. The Morgan fingerprint density at radius 3 is 2.83 bits per heavy atom. The Labute approximate surface area is 72.5 Å². The Morgan fingerprint density at radius 2 is 2.42 bits per heavy atom. The molecular formula is C8H16N2O2. The molecule has 4 heteroatoms. The SMILES string of the molecule is C[C@H](N)C(=O)NC1(C)CCOC1. The van der Waals surface area contributed by atoms with Crippen molar-refractivity contribution in [2.75, 3.05) is 13.2 Å². The Bertz CT molecular complexity index is 174. The van der Waals surface area contributed by atoms with Gasteiger partial charge in [-0.05, 0) is 20.3 Å². The Hall–Kier alpha value is -0.610. The molecule has 1 unspecified atom stereocenters. The molecule has 0 aromatic heterocycles. The van der Waals surface area contributed by atoms with Gasteiger partial charge in [-0.25, -0.2) is 0 Å². The second-order valence-electron chi connectivity index (χ2n) is 3.64. The highest BCUT2D eigenvalue weighted by atomic mass is 16.5. The monoisotopic (exact) mass is 172 g/mol. The van der Waals surface area contributed by atoms with Gasteiger partial charge in [-0.3, -0.25) is 4.79 Å². The number of rotatable bonds is 2. The lowest BCUT2D eigenvalue weighted by Gasteiger charge is -2.24. The summed E-state index contributed by atoms with van der Waals surface area (Å²) in [6, 6.07) is -0.442. The maximum absolute atomic E-state index is 11.2.